The number of Topliss-reactive ketones (excluding diaryl/α,β-unsaturated/α-hetero) is 1. The second kappa shape index (κ2) is 7.43. The number of amides is 2. The molecule has 0 saturated heterocycles. The summed E-state index contributed by atoms with van der Waals surface area (Å²) in [6.07, 6.45) is 4.72. The van der Waals surface area contributed by atoms with Gasteiger partial charge in [-0.25, -0.2) is 4.98 Å². The van der Waals surface area contributed by atoms with Gasteiger partial charge in [-0.05, 0) is 24.3 Å². The minimum absolute atomic E-state index is 0.105. The molecule has 2 amide bonds. The molecule has 0 fully saturated rings. The number of carbonyl (C=O) groups is 3. The van der Waals surface area contributed by atoms with E-state index in [-0.39, 0.29) is 12.1 Å². The van der Waals surface area contributed by atoms with Crippen LogP contribution in [-0.4, -0.2) is 43.6 Å². The number of nitrogens with zero attached hydrogens (tertiary/aromatic N) is 2. The minimum Gasteiger partial charge on any atom is -0.365 e. The Labute approximate surface area is 148 Å². The molecule has 9 heteroatoms. The summed E-state index contributed by atoms with van der Waals surface area (Å²) in [5.74, 6) is -2.59. The van der Waals surface area contributed by atoms with Crippen molar-refractivity contribution in [2.45, 2.75) is 12.5 Å². The van der Waals surface area contributed by atoms with Crippen molar-refractivity contribution in [3.63, 3.8) is 0 Å². The summed E-state index contributed by atoms with van der Waals surface area (Å²) in [4.78, 5) is 50.0. The van der Waals surface area contributed by atoms with Crippen LogP contribution in [0, 0.1) is 0 Å². The molecular weight excluding hydrogens is 336 g/mol. The molecule has 0 spiro atoms. The molecule has 26 heavy (non-hydrogen) atoms. The highest BCUT2D eigenvalue weighted by Crippen LogP contribution is 2.17. The second-order valence-corrected chi connectivity index (χ2v) is 5.50. The molecule has 1 unspecified atom stereocenters. The van der Waals surface area contributed by atoms with Crippen LogP contribution in [0.25, 0.3) is 11.4 Å². The van der Waals surface area contributed by atoms with Gasteiger partial charge in [-0.1, -0.05) is 6.07 Å². The Morgan fingerprint density at radius 1 is 1.12 bits per heavy atom. The van der Waals surface area contributed by atoms with Gasteiger partial charge in [-0.15, -0.1) is 0 Å². The van der Waals surface area contributed by atoms with E-state index < -0.39 is 23.6 Å². The number of imidazole rings is 1. The van der Waals surface area contributed by atoms with Crippen molar-refractivity contribution in [2.75, 3.05) is 0 Å². The van der Waals surface area contributed by atoms with Gasteiger partial charge in [0.2, 0.25) is 5.78 Å². The van der Waals surface area contributed by atoms with Gasteiger partial charge in [0.05, 0.1) is 12.0 Å². The number of aromatic amines is 2. The largest absolute Gasteiger partial charge is 0.365 e. The Hall–Kier alpha value is -3.75. The number of aromatic nitrogens is 4. The first-order valence-electron chi connectivity index (χ1n) is 7.78. The van der Waals surface area contributed by atoms with Gasteiger partial charge in [0, 0.05) is 24.5 Å². The van der Waals surface area contributed by atoms with E-state index in [4.69, 9.17) is 5.73 Å². The predicted octanol–water partition coefficient (Wildman–Crippen LogP) is 0.195. The van der Waals surface area contributed by atoms with E-state index in [0.29, 0.717) is 17.1 Å². The maximum absolute atomic E-state index is 12.6. The van der Waals surface area contributed by atoms with Crippen molar-refractivity contribution < 1.29 is 14.4 Å². The highest BCUT2D eigenvalue weighted by molar-refractivity contribution is 6.38. The maximum atomic E-state index is 12.6. The molecule has 0 saturated carbocycles. The molecule has 1 atom stereocenters. The van der Waals surface area contributed by atoms with Gasteiger partial charge in [-0.2, -0.15) is 0 Å². The molecule has 3 heterocycles. The Bertz CT molecular complexity index is 917. The fourth-order valence-corrected chi connectivity index (χ4v) is 2.49. The number of nitrogens with two attached hydrogens (primary N) is 1. The lowest BCUT2D eigenvalue weighted by Gasteiger charge is -2.15. The van der Waals surface area contributed by atoms with E-state index in [1.54, 1.807) is 42.7 Å². The summed E-state index contributed by atoms with van der Waals surface area (Å²) >= 11 is 0. The molecule has 0 aliphatic heterocycles. The first-order chi connectivity index (χ1) is 12.6. The van der Waals surface area contributed by atoms with E-state index in [0.717, 1.165) is 0 Å². The van der Waals surface area contributed by atoms with Crippen molar-refractivity contribution in [1.82, 2.24) is 25.3 Å². The van der Waals surface area contributed by atoms with E-state index >= 15 is 0 Å². The normalized spacial score (nSPS) is 11.7. The summed E-state index contributed by atoms with van der Waals surface area (Å²) < 4.78 is 0. The van der Waals surface area contributed by atoms with Crippen LogP contribution in [-0.2, 0) is 16.0 Å². The average molecular weight is 352 g/mol. The molecule has 3 aromatic rings. The number of hydrogen-bond donors (Lipinski definition) is 4. The van der Waals surface area contributed by atoms with Crippen LogP contribution >= 0.6 is 0 Å². The van der Waals surface area contributed by atoms with Crippen molar-refractivity contribution in [3.8, 4) is 11.4 Å². The number of hydrogen-bond acceptors (Lipinski definition) is 5. The summed E-state index contributed by atoms with van der Waals surface area (Å²) in [5, 5.41) is 2.54. The first-order valence-corrected chi connectivity index (χ1v) is 7.78. The molecule has 9 nitrogen and oxygen atoms in total. The zero-order valence-corrected chi connectivity index (χ0v) is 13.6. The van der Waals surface area contributed by atoms with Crippen LogP contribution in [0.3, 0.4) is 0 Å². The smallest absolute Gasteiger partial charge is 0.287 e. The van der Waals surface area contributed by atoms with E-state index in [1.807, 2.05) is 0 Å². The van der Waals surface area contributed by atoms with Crippen LogP contribution in [0.4, 0.5) is 0 Å². The monoisotopic (exact) mass is 352 g/mol. The molecule has 0 aliphatic carbocycles. The van der Waals surface area contributed by atoms with Crippen molar-refractivity contribution in [2.24, 2.45) is 5.73 Å². The number of carbonyl (C=O) groups excluding carboxylic acids is 3. The Morgan fingerprint density at radius 3 is 2.62 bits per heavy atom. The zero-order chi connectivity index (χ0) is 18.5. The number of nitrogens with one attached hydrogen (secondary N) is 3. The molecule has 3 rings (SSSR count). The summed E-state index contributed by atoms with van der Waals surface area (Å²) in [6.45, 7) is 0. The van der Waals surface area contributed by atoms with Gasteiger partial charge < -0.3 is 21.0 Å². The Balaban J connectivity index is 1.83. The molecule has 0 radical (unpaired) electrons. The third-order valence-electron chi connectivity index (χ3n) is 3.72. The lowest BCUT2D eigenvalue weighted by atomic mass is 10.1. The van der Waals surface area contributed by atoms with Crippen molar-refractivity contribution in [3.05, 3.63) is 60.4 Å². The molecule has 132 valence electrons. The van der Waals surface area contributed by atoms with Gasteiger partial charge in [0.15, 0.2) is 0 Å². The molecule has 5 N–H and O–H groups in total. The number of primary amides is 1. The average Bonchev–Trinajstić information content (AvgIpc) is 3.32. The fraction of sp³-hybridized carbons (Fsp3) is 0.118. The van der Waals surface area contributed by atoms with Gasteiger partial charge in [-0.3, -0.25) is 19.4 Å². The Kier molecular flexibility index (Phi) is 4.88. The molecule has 3 aromatic heterocycles. The molecular formula is C17H16N6O3. The zero-order valence-electron chi connectivity index (χ0n) is 13.6. The van der Waals surface area contributed by atoms with Gasteiger partial charge >= 0.3 is 0 Å². The predicted molar refractivity (Wildman–Crippen MR) is 91.8 cm³/mol. The van der Waals surface area contributed by atoms with Crippen LogP contribution in [0.1, 0.15) is 16.2 Å². The van der Waals surface area contributed by atoms with Crippen LogP contribution in [0.2, 0.25) is 0 Å². The number of ketones is 1. The third kappa shape index (κ3) is 3.66. The topological polar surface area (TPSA) is 147 Å². The SMILES string of the molecule is NC(=O)C(=O)C(Cc1ccc[nH]1)NC(=O)c1[nH]cnc1-c1ccccn1. The van der Waals surface area contributed by atoms with Crippen LogP contribution in [0.5, 0.6) is 0 Å². The first kappa shape index (κ1) is 17.1. The molecule has 0 bridgehead atoms. The van der Waals surface area contributed by atoms with Gasteiger partial charge in [0.25, 0.3) is 11.8 Å². The Morgan fingerprint density at radius 2 is 1.96 bits per heavy atom. The maximum Gasteiger partial charge on any atom is 0.287 e. The van der Waals surface area contributed by atoms with Crippen LogP contribution in [0.15, 0.2) is 49.1 Å². The summed E-state index contributed by atoms with van der Waals surface area (Å²) in [5.41, 5.74) is 6.76. The quantitative estimate of drug-likeness (QED) is 0.448. The molecule has 0 aromatic carbocycles. The summed E-state index contributed by atoms with van der Waals surface area (Å²) in [7, 11) is 0. The molecule has 0 aliphatic rings. The number of pyridine rings is 1. The minimum atomic E-state index is -1.11. The standard InChI is InChI=1S/C17H16N6O3/c18-16(25)15(24)12(8-10-4-3-7-19-10)23-17(26)14-13(21-9-22-14)11-5-1-2-6-20-11/h1-7,9,12,19H,8H2,(H2,18,25)(H,21,22)(H,23,26). The fourth-order valence-electron chi connectivity index (χ4n) is 2.49. The number of H-pyrrole nitrogens is 2. The second-order valence-electron chi connectivity index (χ2n) is 5.50. The van der Waals surface area contributed by atoms with Gasteiger partial charge in [0.1, 0.15) is 17.4 Å². The van der Waals surface area contributed by atoms with E-state index in [9.17, 15) is 14.4 Å². The van der Waals surface area contributed by atoms with E-state index in [2.05, 4.69) is 25.3 Å². The highest BCUT2D eigenvalue weighted by atomic mass is 16.2. The van der Waals surface area contributed by atoms with Crippen LogP contribution < -0.4 is 11.1 Å². The highest BCUT2D eigenvalue weighted by Gasteiger charge is 2.28. The van der Waals surface area contributed by atoms with E-state index in [1.165, 1.54) is 6.33 Å². The lowest BCUT2D eigenvalue weighted by molar-refractivity contribution is -0.137. The lowest BCUT2D eigenvalue weighted by Crippen LogP contribution is -2.47. The summed E-state index contributed by atoms with van der Waals surface area (Å²) in [6, 6.07) is 7.60. The number of rotatable bonds is 7. The van der Waals surface area contributed by atoms with Crippen molar-refractivity contribution >= 4 is 17.6 Å². The van der Waals surface area contributed by atoms with Crippen molar-refractivity contribution in [1.29, 1.82) is 0 Å². The third-order valence-corrected chi connectivity index (χ3v) is 3.72.